The Bertz CT molecular complexity index is 1040. The van der Waals surface area contributed by atoms with Gasteiger partial charge in [0.1, 0.15) is 11.9 Å². The molecule has 11 heteroatoms. The quantitative estimate of drug-likeness (QED) is 0.300. The van der Waals surface area contributed by atoms with E-state index in [2.05, 4.69) is 5.32 Å². The summed E-state index contributed by atoms with van der Waals surface area (Å²) in [6.45, 7) is 0.432. The number of hydrogen-bond acceptors (Lipinski definition) is 5. The van der Waals surface area contributed by atoms with Crippen molar-refractivity contribution >= 4 is 35.4 Å². The summed E-state index contributed by atoms with van der Waals surface area (Å²) in [5.41, 5.74) is 0.963. The molecule has 1 unspecified atom stereocenters. The lowest BCUT2D eigenvalue weighted by atomic mass is 10.0. The Morgan fingerprint density at radius 1 is 1.08 bits per heavy atom. The molecule has 2 fully saturated rings. The van der Waals surface area contributed by atoms with Gasteiger partial charge in [0.05, 0.1) is 0 Å². The Hall–Kier alpha value is -2.56. The predicted molar refractivity (Wildman–Crippen MR) is 127 cm³/mol. The second-order valence-electron chi connectivity index (χ2n) is 9.58. The number of fused-ring (bicyclic) bond motifs is 1. The number of carbonyl (C=O) groups is 4. The van der Waals surface area contributed by atoms with Gasteiger partial charge in [0.2, 0.25) is 17.7 Å². The van der Waals surface area contributed by atoms with E-state index >= 15 is 0 Å². The monoisotopic (exact) mass is 525 g/mol. The lowest BCUT2D eigenvalue weighted by molar-refractivity contribution is -0.138. The number of rotatable bonds is 9. The van der Waals surface area contributed by atoms with Gasteiger partial charge in [-0.15, -0.1) is 11.8 Å². The highest BCUT2D eigenvalue weighted by atomic mass is 32.2. The van der Waals surface area contributed by atoms with Gasteiger partial charge in [0.15, 0.2) is 0 Å². The number of nitrogens with zero attached hydrogens (tertiary/aromatic N) is 2. The molecule has 3 aliphatic heterocycles. The van der Waals surface area contributed by atoms with Crippen molar-refractivity contribution in [2.45, 2.75) is 81.2 Å². The van der Waals surface area contributed by atoms with Crippen LogP contribution in [0.25, 0.3) is 0 Å². The van der Waals surface area contributed by atoms with Crippen molar-refractivity contribution in [3.8, 4) is 0 Å². The van der Waals surface area contributed by atoms with Crippen molar-refractivity contribution < 1.29 is 32.3 Å². The van der Waals surface area contributed by atoms with Crippen molar-refractivity contribution in [1.29, 1.82) is 0 Å². The third-order valence-electron chi connectivity index (χ3n) is 6.97. The molecular weight excluding hydrogens is 495 g/mol. The number of nitrogens with one attached hydrogen (secondary N) is 1. The number of hydrogen-bond donors (Lipinski definition) is 1. The molecule has 0 aromatic heterocycles. The zero-order valence-electron chi connectivity index (χ0n) is 20.0. The number of carbonyl (C=O) groups excluding carboxylic acids is 4. The predicted octanol–water partition coefficient (Wildman–Crippen LogP) is 3.89. The van der Waals surface area contributed by atoms with Crippen molar-refractivity contribution in [3.63, 3.8) is 0 Å². The van der Waals surface area contributed by atoms with Crippen LogP contribution in [0.4, 0.5) is 13.2 Å². The van der Waals surface area contributed by atoms with Crippen molar-refractivity contribution in [2.24, 2.45) is 0 Å². The van der Waals surface area contributed by atoms with Gasteiger partial charge in [0, 0.05) is 55.8 Å². The summed E-state index contributed by atoms with van der Waals surface area (Å²) in [6.07, 6.45) is 3.47. The van der Waals surface area contributed by atoms with Crippen LogP contribution < -0.4 is 5.32 Å². The highest BCUT2D eigenvalue weighted by Gasteiger charge is 2.40. The van der Waals surface area contributed by atoms with E-state index < -0.39 is 29.6 Å². The molecule has 3 heterocycles. The fraction of sp³-hybridized carbons (Fsp3) is 0.600. The smallest absolute Gasteiger partial charge is 0.255 e. The lowest BCUT2D eigenvalue weighted by Crippen LogP contribution is -2.52. The Kier molecular flexibility index (Phi) is 8.27. The third kappa shape index (κ3) is 6.22. The number of thioether (sulfide) groups is 1. The number of amides is 4. The summed E-state index contributed by atoms with van der Waals surface area (Å²) in [6, 6.07) is 1.87. The van der Waals surface area contributed by atoms with E-state index in [0.717, 1.165) is 19.3 Å². The average Bonchev–Trinajstić information content (AvgIpc) is 3.14. The van der Waals surface area contributed by atoms with Gasteiger partial charge in [-0.1, -0.05) is 12.8 Å². The topological polar surface area (TPSA) is 86.8 Å². The molecular formula is C25H30F3N3O4S. The molecule has 0 aliphatic carbocycles. The van der Waals surface area contributed by atoms with Gasteiger partial charge >= 0.3 is 0 Å². The van der Waals surface area contributed by atoms with E-state index in [1.165, 1.54) is 33.7 Å². The van der Waals surface area contributed by atoms with E-state index in [9.17, 15) is 32.3 Å². The van der Waals surface area contributed by atoms with Crippen LogP contribution >= 0.6 is 11.8 Å². The number of piperidine rings is 2. The van der Waals surface area contributed by atoms with E-state index in [0.29, 0.717) is 29.1 Å². The molecule has 0 radical (unpaired) electrons. The van der Waals surface area contributed by atoms with E-state index in [1.54, 1.807) is 0 Å². The Labute approximate surface area is 212 Å². The average molecular weight is 526 g/mol. The van der Waals surface area contributed by atoms with Gasteiger partial charge in [-0.3, -0.25) is 24.5 Å². The molecule has 1 N–H and O–H groups in total. The maximum atomic E-state index is 14.3. The highest BCUT2D eigenvalue weighted by Crippen LogP contribution is 2.36. The molecule has 0 spiro atoms. The minimum absolute atomic E-state index is 0.0690. The minimum atomic E-state index is -2.66. The van der Waals surface area contributed by atoms with Gasteiger partial charge in [-0.05, 0) is 42.7 Å². The maximum Gasteiger partial charge on any atom is 0.255 e. The van der Waals surface area contributed by atoms with Crippen LogP contribution in [0.5, 0.6) is 0 Å². The van der Waals surface area contributed by atoms with E-state index in [4.69, 9.17) is 0 Å². The normalized spacial score (nSPS) is 21.5. The largest absolute Gasteiger partial charge is 0.342 e. The molecule has 0 bridgehead atoms. The minimum Gasteiger partial charge on any atom is -0.342 e. The molecule has 196 valence electrons. The summed E-state index contributed by atoms with van der Waals surface area (Å²) in [7, 11) is 0. The fourth-order valence-corrected chi connectivity index (χ4v) is 5.99. The summed E-state index contributed by atoms with van der Waals surface area (Å²) in [5.74, 6) is -3.79. The van der Waals surface area contributed by atoms with Crippen molar-refractivity contribution in [3.05, 3.63) is 29.1 Å². The number of benzene rings is 1. The van der Waals surface area contributed by atoms with E-state index in [-0.39, 0.29) is 62.7 Å². The number of halogens is 3. The number of likely N-dealkylation sites (tertiary alicyclic amines) is 1. The third-order valence-corrected chi connectivity index (χ3v) is 8.14. The number of imide groups is 1. The van der Waals surface area contributed by atoms with Crippen molar-refractivity contribution in [1.82, 2.24) is 15.1 Å². The standard InChI is InChI=1S/C25H30F3N3O4S/c26-16-13-17-18(15-31(24(17)35)19-6-7-21(32)29-23(19)34)20(14-16)36-12-4-2-1-3-5-22(33)30-10-8-25(27,28)9-11-30/h13-14,19H,1-12,15H2,(H,29,32,34). The van der Waals surface area contributed by atoms with Crippen LogP contribution in [-0.2, 0) is 20.9 Å². The Morgan fingerprint density at radius 2 is 1.81 bits per heavy atom. The molecule has 7 nitrogen and oxygen atoms in total. The summed E-state index contributed by atoms with van der Waals surface area (Å²) in [4.78, 5) is 52.4. The van der Waals surface area contributed by atoms with Gasteiger partial charge in [0.25, 0.3) is 11.8 Å². The van der Waals surface area contributed by atoms with Crippen LogP contribution in [0, 0.1) is 5.82 Å². The van der Waals surface area contributed by atoms with Crippen molar-refractivity contribution in [2.75, 3.05) is 18.8 Å². The van der Waals surface area contributed by atoms with E-state index in [1.807, 2.05) is 0 Å². The molecule has 4 rings (SSSR count). The Balaban J connectivity index is 1.21. The maximum absolute atomic E-state index is 14.3. The summed E-state index contributed by atoms with van der Waals surface area (Å²) in [5, 5.41) is 2.26. The van der Waals surface area contributed by atoms with Gasteiger partial charge < -0.3 is 9.80 Å². The fourth-order valence-electron chi connectivity index (χ4n) is 4.88. The molecule has 2 saturated heterocycles. The molecule has 3 aliphatic rings. The number of unbranched alkanes of at least 4 members (excludes halogenated alkanes) is 3. The molecule has 4 amide bonds. The SMILES string of the molecule is O=C1CCC(N2Cc3c(SCCCCCCC(=O)N4CCC(F)(F)CC4)cc(F)cc3C2=O)C(=O)N1. The van der Waals surface area contributed by atoms with Crippen LogP contribution in [0.3, 0.4) is 0 Å². The molecule has 0 saturated carbocycles. The first kappa shape index (κ1) is 26.5. The highest BCUT2D eigenvalue weighted by molar-refractivity contribution is 7.99. The van der Waals surface area contributed by atoms with Gasteiger partial charge in [-0.25, -0.2) is 13.2 Å². The first-order valence-electron chi connectivity index (χ1n) is 12.4. The van der Waals surface area contributed by atoms with Crippen LogP contribution in [0.2, 0.25) is 0 Å². The number of alkyl halides is 2. The lowest BCUT2D eigenvalue weighted by Gasteiger charge is -2.31. The Morgan fingerprint density at radius 3 is 2.53 bits per heavy atom. The zero-order chi connectivity index (χ0) is 25.9. The zero-order valence-corrected chi connectivity index (χ0v) is 20.8. The molecule has 1 atom stereocenters. The second kappa shape index (κ2) is 11.2. The summed E-state index contributed by atoms with van der Waals surface area (Å²) < 4.78 is 40.7. The molecule has 1 aromatic rings. The van der Waals surface area contributed by atoms with Crippen LogP contribution in [-0.4, -0.2) is 64.2 Å². The second-order valence-corrected chi connectivity index (χ2v) is 10.7. The first-order valence-corrected chi connectivity index (χ1v) is 13.4. The van der Waals surface area contributed by atoms with Crippen LogP contribution in [0.15, 0.2) is 17.0 Å². The first-order chi connectivity index (χ1) is 17.1. The summed E-state index contributed by atoms with van der Waals surface area (Å²) >= 11 is 1.46. The molecule has 36 heavy (non-hydrogen) atoms. The molecule has 1 aromatic carbocycles. The van der Waals surface area contributed by atoms with Gasteiger partial charge in [-0.2, -0.15) is 0 Å². The van der Waals surface area contributed by atoms with Crippen LogP contribution in [0.1, 0.15) is 73.7 Å².